The van der Waals surface area contributed by atoms with Crippen molar-refractivity contribution in [3.8, 4) is 0 Å². The minimum Gasteiger partial charge on any atom is -0.144 e. The van der Waals surface area contributed by atoms with E-state index in [9.17, 15) is 0 Å². The normalized spacial score (nSPS) is 10.7. The van der Waals surface area contributed by atoms with Gasteiger partial charge in [0, 0.05) is 23.2 Å². The van der Waals surface area contributed by atoms with E-state index in [1.807, 2.05) is 12.1 Å². The standard InChI is InChI=1S/C12H12BrClN2S/c13-10-4-1-3-9(7-10)8-12-16-15-11(17-12)5-2-6-14/h1,3-4,7H,2,5-6,8H2. The zero-order valence-corrected chi connectivity index (χ0v) is 12.4. The SMILES string of the molecule is ClCCCc1nnc(Cc2cccc(Br)c2)s1. The Morgan fingerprint density at radius 3 is 2.82 bits per heavy atom. The summed E-state index contributed by atoms with van der Waals surface area (Å²) in [4.78, 5) is 0. The summed E-state index contributed by atoms with van der Waals surface area (Å²) in [5.41, 5.74) is 1.25. The predicted molar refractivity (Wildman–Crippen MR) is 75.9 cm³/mol. The number of hydrogen-bond acceptors (Lipinski definition) is 3. The average molecular weight is 332 g/mol. The number of rotatable bonds is 5. The quantitative estimate of drug-likeness (QED) is 0.772. The third kappa shape index (κ3) is 4.05. The fourth-order valence-corrected chi connectivity index (χ4v) is 3.00. The number of aryl methyl sites for hydroxylation is 1. The van der Waals surface area contributed by atoms with Crippen LogP contribution in [0.25, 0.3) is 0 Å². The van der Waals surface area contributed by atoms with Gasteiger partial charge in [-0.1, -0.05) is 28.1 Å². The summed E-state index contributed by atoms with van der Waals surface area (Å²) < 4.78 is 1.10. The second-order valence-corrected chi connectivity index (χ2v) is 6.13. The molecule has 0 spiro atoms. The Morgan fingerprint density at radius 2 is 2.06 bits per heavy atom. The summed E-state index contributed by atoms with van der Waals surface area (Å²) in [6.45, 7) is 0. The third-order valence-electron chi connectivity index (χ3n) is 2.28. The molecule has 0 bridgehead atoms. The molecule has 90 valence electrons. The Kier molecular flexibility index (Phi) is 4.95. The summed E-state index contributed by atoms with van der Waals surface area (Å²) in [7, 11) is 0. The van der Waals surface area contributed by atoms with Crippen molar-refractivity contribution in [3.05, 3.63) is 44.3 Å². The zero-order valence-electron chi connectivity index (χ0n) is 9.20. The molecule has 0 N–H and O–H groups in total. The fourth-order valence-electron chi connectivity index (χ4n) is 1.50. The summed E-state index contributed by atoms with van der Waals surface area (Å²) in [5, 5.41) is 10.5. The second kappa shape index (κ2) is 6.47. The van der Waals surface area contributed by atoms with Crippen LogP contribution in [-0.2, 0) is 12.8 Å². The fraction of sp³-hybridized carbons (Fsp3) is 0.333. The number of halogens is 2. The van der Waals surface area contributed by atoms with Gasteiger partial charge in [-0.15, -0.1) is 33.1 Å². The van der Waals surface area contributed by atoms with Crippen molar-refractivity contribution in [3.63, 3.8) is 0 Å². The monoisotopic (exact) mass is 330 g/mol. The first-order valence-electron chi connectivity index (χ1n) is 5.39. The third-order valence-corrected chi connectivity index (χ3v) is 4.02. The average Bonchev–Trinajstić information content (AvgIpc) is 2.74. The van der Waals surface area contributed by atoms with E-state index in [2.05, 4.69) is 38.3 Å². The molecule has 2 nitrogen and oxygen atoms in total. The van der Waals surface area contributed by atoms with Crippen LogP contribution in [0.4, 0.5) is 0 Å². The molecule has 0 fully saturated rings. The van der Waals surface area contributed by atoms with E-state index in [1.165, 1.54) is 5.56 Å². The van der Waals surface area contributed by atoms with E-state index in [1.54, 1.807) is 11.3 Å². The molecule has 0 radical (unpaired) electrons. The molecule has 2 aromatic rings. The van der Waals surface area contributed by atoms with Gasteiger partial charge >= 0.3 is 0 Å². The van der Waals surface area contributed by atoms with E-state index in [4.69, 9.17) is 11.6 Å². The predicted octanol–water partition coefficient (Wildman–Crippen LogP) is 4.06. The van der Waals surface area contributed by atoms with E-state index in [0.29, 0.717) is 5.88 Å². The summed E-state index contributed by atoms with van der Waals surface area (Å²) in [5.74, 6) is 0.681. The van der Waals surface area contributed by atoms with Crippen LogP contribution in [0.2, 0.25) is 0 Å². The molecular formula is C12H12BrClN2S. The molecule has 1 heterocycles. The summed E-state index contributed by atoms with van der Waals surface area (Å²) in [6, 6.07) is 8.27. The van der Waals surface area contributed by atoms with Crippen LogP contribution in [0.3, 0.4) is 0 Å². The van der Waals surface area contributed by atoms with Crippen LogP contribution < -0.4 is 0 Å². The minimum absolute atomic E-state index is 0.681. The van der Waals surface area contributed by atoms with Gasteiger partial charge in [0.25, 0.3) is 0 Å². The van der Waals surface area contributed by atoms with Gasteiger partial charge in [0.2, 0.25) is 0 Å². The first-order chi connectivity index (χ1) is 8.28. The minimum atomic E-state index is 0.681. The lowest BCUT2D eigenvalue weighted by atomic mass is 10.2. The van der Waals surface area contributed by atoms with Crippen molar-refractivity contribution in [1.29, 1.82) is 0 Å². The molecule has 0 aliphatic rings. The Labute approximate surface area is 118 Å². The van der Waals surface area contributed by atoms with Gasteiger partial charge in [0.15, 0.2) is 0 Å². The van der Waals surface area contributed by atoms with Crippen LogP contribution in [0.15, 0.2) is 28.7 Å². The summed E-state index contributed by atoms with van der Waals surface area (Å²) in [6.07, 6.45) is 2.74. The molecule has 0 aliphatic carbocycles. The molecule has 0 unspecified atom stereocenters. The van der Waals surface area contributed by atoms with Crippen LogP contribution in [-0.4, -0.2) is 16.1 Å². The van der Waals surface area contributed by atoms with Crippen LogP contribution in [0, 0.1) is 0 Å². The lowest BCUT2D eigenvalue weighted by Crippen LogP contribution is -1.87. The number of alkyl halides is 1. The van der Waals surface area contributed by atoms with Gasteiger partial charge in [-0.05, 0) is 24.1 Å². The molecule has 0 saturated carbocycles. The highest BCUT2D eigenvalue weighted by atomic mass is 79.9. The highest BCUT2D eigenvalue weighted by Crippen LogP contribution is 2.18. The van der Waals surface area contributed by atoms with E-state index in [-0.39, 0.29) is 0 Å². The summed E-state index contributed by atoms with van der Waals surface area (Å²) >= 11 is 10.8. The molecule has 0 saturated heterocycles. The molecular weight excluding hydrogens is 320 g/mol. The van der Waals surface area contributed by atoms with E-state index in [0.717, 1.165) is 33.8 Å². The van der Waals surface area contributed by atoms with Gasteiger partial charge in [-0.3, -0.25) is 0 Å². The Balaban J connectivity index is 2.01. The van der Waals surface area contributed by atoms with Gasteiger partial charge < -0.3 is 0 Å². The lowest BCUT2D eigenvalue weighted by molar-refractivity contribution is 0.873. The topological polar surface area (TPSA) is 25.8 Å². The molecule has 5 heteroatoms. The van der Waals surface area contributed by atoms with Gasteiger partial charge in [0.05, 0.1) is 0 Å². The van der Waals surface area contributed by atoms with Crippen molar-refractivity contribution in [1.82, 2.24) is 10.2 Å². The van der Waals surface area contributed by atoms with Gasteiger partial charge in [-0.2, -0.15) is 0 Å². The van der Waals surface area contributed by atoms with Crippen molar-refractivity contribution < 1.29 is 0 Å². The van der Waals surface area contributed by atoms with Crippen molar-refractivity contribution >= 4 is 38.9 Å². The Morgan fingerprint density at radius 1 is 1.24 bits per heavy atom. The maximum atomic E-state index is 5.66. The Hall–Kier alpha value is -0.450. The first-order valence-corrected chi connectivity index (χ1v) is 7.54. The van der Waals surface area contributed by atoms with E-state index >= 15 is 0 Å². The van der Waals surface area contributed by atoms with E-state index < -0.39 is 0 Å². The molecule has 2 rings (SSSR count). The maximum absolute atomic E-state index is 5.66. The lowest BCUT2D eigenvalue weighted by Gasteiger charge is -1.97. The molecule has 1 aromatic heterocycles. The van der Waals surface area contributed by atoms with Crippen LogP contribution in [0.1, 0.15) is 22.0 Å². The van der Waals surface area contributed by atoms with Crippen LogP contribution >= 0.6 is 38.9 Å². The molecule has 0 atom stereocenters. The number of nitrogens with zero attached hydrogens (tertiary/aromatic N) is 2. The smallest absolute Gasteiger partial charge is 0.121 e. The largest absolute Gasteiger partial charge is 0.144 e. The van der Waals surface area contributed by atoms with Crippen molar-refractivity contribution in [2.45, 2.75) is 19.3 Å². The maximum Gasteiger partial charge on any atom is 0.121 e. The number of benzene rings is 1. The molecule has 17 heavy (non-hydrogen) atoms. The molecule has 0 aliphatic heterocycles. The Bertz CT molecular complexity index is 487. The van der Waals surface area contributed by atoms with Gasteiger partial charge in [0.1, 0.15) is 10.0 Å². The highest BCUT2D eigenvalue weighted by molar-refractivity contribution is 9.10. The molecule has 0 amide bonds. The number of aromatic nitrogens is 2. The molecule has 1 aromatic carbocycles. The highest BCUT2D eigenvalue weighted by Gasteiger charge is 2.05. The van der Waals surface area contributed by atoms with Crippen molar-refractivity contribution in [2.75, 3.05) is 5.88 Å². The number of hydrogen-bond donors (Lipinski definition) is 0. The first kappa shape index (κ1) is 13.0. The second-order valence-electron chi connectivity index (χ2n) is 3.69. The van der Waals surface area contributed by atoms with Gasteiger partial charge in [-0.25, -0.2) is 0 Å². The van der Waals surface area contributed by atoms with Crippen molar-refractivity contribution in [2.24, 2.45) is 0 Å². The van der Waals surface area contributed by atoms with Crippen LogP contribution in [0.5, 0.6) is 0 Å². The zero-order chi connectivity index (χ0) is 12.1.